The van der Waals surface area contributed by atoms with Gasteiger partial charge in [-0.05, 0) is 35.4 Å². The van der Waals surface area contributed by atoms with Crippen molar-refractivity contribution in [2.24, 2.45) is 0 Å². The fraction of sp³-hybridized carbons (Fsp3) is 0.227. The normalized spacial score (nSPS) is 16.8. The molecule has 1 saturated heterocycles. The van der Waals surface area contributed by atoms with E-state index < -0.39 is 6.04 Å². The molecular weight excluding hydrogens is 368 g/mol. The lowest BCUT2D eigenvalue weighted by molar-refractivity contribution is -0.128. The second kappa shape index (κ2) is 7.89. The highest BCUT2D eigenvalue weighted by Gasteiger charge is 2.32. The quantitative estimate of drug-likeness (QED) is 0.690. The molecule has 3 heterocycles. The number of rotatable bonds is 4. The van der Waals surface area contributed by atoms with E-state index in [2.05, 4.69) is 11.7 Å². The molecule has 148 valence electrons. The van der Waals surface area contributed by atoms with Crippen molar-refractivity contribution in [2.75, 3.05) is 26.2 Å². The fourth-order valence-corrected chi connectivity index (χ4v) is 3.66. The number of carbonyl (C=O) groups excluding carboxylic acids is 2. The van der Waals surface area contributed by atoms with E-state index in [0.29, 0.717) is 18.8 Å². The second-order valence-electron chi connectivity index (χ2n) is 7.00. The van der Waals surface area contributed by atoms with Crippen molar-refractivity contribution in [3.8, 4) is 11.1 Å². The first-order valence-electron chi connectivity index (χ1n) is 9.48. The van der Waals surface area contributed by atoms with Crippen LogP contribution in [0.4, 0.5) is 0 Å². The third kappa shape index (κ3) is 3.64. The van der Waals surface area contributed by atoms with Crippen LogP contribution in [-0.2, 0) is 4.79 Å². The van der Waals surface area contributed by atoms with E-state index in [4.69, 9.17) is 0 Å². The maximum atomic E-state index is 13.1. The molecule has 1 aliphatic rings. The monoisotopic (exact) mass is 390 g/mol. The predicted molar refractivity (Wildman–Crippen MR) is 109 cm³/mol. The first kappa shape index (κ1) is 18.9. The van der Waals surface area contributed by atoms with E-state index in [1.54, 1.807) is 20.4 Å². The summed E-state index contributed by atoms with van der Waals surface area (Å²) in [7, 11) is 0. The number of carbonyl (C=O) groups is 2. The number of fused-ring (bicyclic) bond motifs is 1. The molecule has 0 saturated carbocycles. The Morgan fingerprint density at radius 3 is 2.66 bits per heavy atom. The van der Waals surface area contributed by atoms with Gasteiger partial charge in [0.2, 0.25) is 5.91 Å². The molecule has 2 amide bonds. The molecule has 1 fully saturated rings. The molecule has 7 nitrogen and oxygen atoms in total. The highest BCUT2D eigenvalue weighted by molar-refractivity contribution is 5.94. The smallest absolute Gasteiger partial charge is 0.274 e. The van der Waals surface area contributed by atoms with E-state index in [9.17, 15) is 14.7 Å². The van der Waals surface area contributed by atoms with Crippen molar-refractivity contribution in [2.45, 2.75) is 6.04 Å². The average Bonchev–Trinajstić information content (AvgIpc) is 3.21. The van der Waals surface area contributed by atoms with Crippen molar-refractivity contribution in [3.63, 3.8) is 0 Å². The summed E-state index contributed by atoms with van der Waals surface area (Å²) in [5, 5.41) is 14.2. The first-order valence-corrected chi connectivity index (χ1v) is 9.48. The van der Waals surface area contributed by atoms with Crippen LogP contribution in [-0.4, -0.2) is 68.6 Å². The third-order valence-electron chi connectivity index (χ3n) is 5.23. The van der Waals surface area contributed by atoms with Crippen LogP contribution in [0.25, 0.3) is 16.6 Å². The molecule has 1 atom stereocenters. The number of nitrogens with zero attached hydrogens (tertiary/aromatic N) is 4. The van der Waals surface area contributed by atoms with Gasteiger partial charge in [-0.1, -0.05) is 36.9 Å². The van der Waals surface area contributed by atoms with Crippen molar-refractivity contribution in [3.05, 3.63) is 73.1 Å². The largest absolute Gasteiger partial charge is 0.394 e. The maximum absolute atomic E-state index is 13.1. The first-order chi connectivity index (χ1) is 14.1. The number of piperazine rings is 1. The van der Waals surface area contributed by atoms with Gasteiger partial charge in [-0.25, -0.2) is 4.52 Å². The molecule has 0 aliphatic carbocycles. The van der Waals surface area contributed by atoms with E-state index >= 15 is 0 Å². The Bertz CT molecular complexity index is 1060. The predicted octanol–water partition coefficient (Wildman–Crippen LogP) is 1.83. The Hall–Kier alpha value is -3.45. The van der Waals surface area contributed by atoms with Gasteiger partial charge in [-0.15, -0.1) is 0 Å². The Morgan fingerprint density at radius 1 is 1.14 bits per heavy atom. The van der Waals surface area contributed by atoms with Crippen molar-refractivity contribution >= 4 is 17.3 Å². The van der Waals surface area contributed by atoms with Gasteiger partial charge in [-0.2, -0.15) is 5.10 Å². The zero-order valence-corrected chi connectivity index (χ0v) is 15.9. The highest BCUT2D eigenvalue weighted by atomic mass is 16.3. The summed E-state index contributed by atoms with van der Waals surface area (Å²) in [5.41, 5.74) is 3.27. The molecular formula is C22H22N4O3. The summed E-state index contributed by atoms with van der Waals surface area (Å²) in [6, 6.07) is 15.2. The van der Waals surface area contributed by atoms with Crippen molar-refractivity contribution in [1.29, 1.82) is 0 Å². The molecule has 2 aromatic heterocycles. The lowest BCUT2D eigenvalue weighted by Gasteiger charge is -2.40. The maximum Gasteiger partial charge on any atom is 0.274 e. The number of aromatic nitrogens is 2. The topological polar surface area (TPSA) is 78.2 Å². The van der Waals surface area contributed by atoms with Crippen molar-refractivity contribution in [1.82, 2.24) is 19.4 Å². The zero-order chi connectivity index (χ0) is 20.4. The minimum Gasteiger partial charge on any atom is -0.394 e. The summed E-state index contributed by atoms with van der Waals surface area (Å²) >= 11 is 0. The lowest BCUT2D eigenvalue weighted by Crippen LogP contribution is -2.57. The molecule has 0 spiro atoms. The molecule has 1 aromatic carbocycles. The molecule has 3 aromatic rings. The highest BCUT2D eigenvalue weighted by Crippen LogP contribution is 2.22. The summed E-state index contributed by atoms with van der Waals surface area (Å²) in [6.07, 6.45) is 3.08. The van der Waals surface area contributed by atoms with Crippen LogP contribution in [0.2, 0.25) is 0 Å². The SMILES string of the molecule is C=CC(=O)N1CCN(C(=O)c2cc3cc(-c4ccccc4)ccn3n2)[C@@H](CO)C1. The Balaban J connectivity index is 1.58. The van der Waals surface area contributed by atoms with Gasteiger partial charge in [0.1, 0.15) is 0 Å². The number of pyridine rings is 1. The Labute approximate surface area is 168 Å². The van der Waals surface area contributed by atoms with Gasteiger partial charge >= 0.3 is 0 Å². The second-order valence-corrected chi connectivity index (χ2v) is 7.00. The van der Waals surface area contributed by atoms with Crippen molar-refractivity contribution < 1.29 is 14.7 Å². The summed E-state index contributed by atoms with van der Waals surface area (Å²) in [6.45, 7) is 4.29. The van der Waals surface area contributed by atoms with E-state index in [0.717, 1.165) is 16.6 Å². The van der Waals surface area contributed by atoms with Gasteiger partial charge in [0, 0.05) is 25.8 Å². The standard InChI is InChI=1S/C22H22N4O3/c1-2-21(28)24-10-11-25(19(14-24)15-27)22(29)20-13-18-12-17(8-9-26(18)23-20)16-6-4-3-5-7-16/h2-9,12-13,19,27H,1,10-11,14-15H2/t19-/m1/s1. The Morgan fingerprint density at radius 2 is 1.93 bits per heavy atom. The Kier molecular flexibility index (Phi) is 5.14. The van der Waals surface area contributed by atoms with Crippen LogP contribution in [0.15, 0.2) is 67.4 Å². The van der Waals surface area contributed by atoms with Gasteiger partial charge in [-0.3, -0.25) is 9.59 Å². The zero-order valence-electron chi connectivity index (χ0n) is 15.9. The molecule has 0 unspecified atom stereocenters. The minimum atomic E-state index is -0.468. The molecule has 1 aliphatic heterocycles. The minimum absolute atomic E-state index is 0.197. The van der Waals surface area contributed by atoms with E-state index in [1.807, 2.05) is 48.7 Å². The van der Waals surface area contributed by atoms with E-state index in [1.165, 1.54) is 6.08 Å². The van der Waals surface area contributed by atoms with Crippen LogP contribution in [0.5, 0.6) is 0 Å². The summed E-state index contributed by atoms with van der Waals surface area (Å²) < 4.78 is 1.67. The fourth-order valence-electron chi connectivity index (χ4n) is 3.66. The number of hydrogen-bond acceptors (Lipinski definition) is 4. The van der Waals surface area contributed by atoms with Crippen LogP contribution < -0.4 is 0 Å². The molecule has 29 heavy (non-hydrogen) atoms. The molecule has 4 rings (SSSR count). The summed E-state index contributed by atoms with van der Waals surface area (Å²) in [5.74, 6) is -0.448. The number of aliphatic hydroxyl groups is 1. The summed E-state index contributed by atoms with van der Waals surface area (Å²) in [4.78, 5) is 28.1. The number of aliphatic hydroxyl groups excluding tert-OH is 1. The van der Waals surface area contributed by atoms with Crippen LogP contribution in [0.3, 0.4) is 0 Å². The van der Waals surface area contributed by atoms with Gasteiger partial charge in [0.25, 0.3) is 5.91 Å². The van der Waals surface area contributed by atoms with Crippen LogP contribution in [0.1, 0.15) is 10.5 Å². The molecule has 7 heteroatoms. The van der Waals surface area contributed by atoms with Crippen LogP contribution >= 0.6 is 0 Å². The third-order valence-corrected chi connectivity index (χ3v) is 5.23. The number of amides is 2. The van der Waals surface area contributed by atoms with Gasteiger partial charge in [0.05, 0.1) is 18.2 Å². The molecule has 0 radical (unpaired) electrons. The van der Waals surface area contributed by atoms with Crippen LogP contribution in [0, 0.1) is 0 Å². The van der Waals surface area contributed by atoms with Gasteiger partial charge in [0.15, 0.2) is 5.69 Å². The lowest BCUT2D eigenvalue weighted by atomic mass is 10.1. The molecule has 1 N–H and O–H groups in total. The number of hydrogen-bond donors (Lipinski definition) is 1. The average molecular weight is 390 g/mol. The number of benzene rings is 1. The van der Waals surface area contributed by atoms with E-state index in [-0.39, 0.29) is 25.0 Å². The molecule has 0 bridgehead atoms. The van der Waals surface area contributed by atoms with Gasteiger partial charge < -0.3 is 14.9 Å².